The van der Waals surface area contributed by atoms with Crippen molar-refractivity contribution in [2.75, 3.05) is 10.6 Å². The largest absolute Gasteiger partial charge is 0.369 e. The van der Waals surface area contributed by atoms with Gasteiger partial charge < -0.3 is 22.1 Å². The highest BCUT2D eigenvalue weighted by molar-refractivity contribution is 6.20. The molecular weight excluding hydrogens is 598 g/mol. The van der Waals surface area contributed by atoms with E-state index in [9.17, 15) is 19.2 Å². The van der Waals surface area contributed by atoms with Crippen LogP contribution in [0.25, 0.3) is 21.8 Å². The second-order valence-electron chi connectivity index (χ2n) is 11.2. The maximum Gasteiger partial charge on any atom is 0.258 e. The Morgan fingerprint density at radius 1 is 0.723 bits per heavy atom. The molecular formula is C35H35N7O5. The average molecular weight is 634 g/mol. The van der Waals surface area contributed by atoms with E-state index in [4.69, 9.17) is 16.7 Å². The normalized spacial score (nSPS) is 12.0. The number of fused-ring (bicyclic) bond motifs is 2. The standard InChI is InChI=1S/C35H35N7O5/c36-32(44)26(12-2-1-3-15-29(43)42-47)22-16-18-25(19-17-22)35(37,33(45)40-27-13-4-8-23-10-6-20-38-30(23)27)34(46)41-28-14-5-9-24-11-7-21-39-31(24)28/h4-11,13-14,16-21,26,47H,1-3,12,15,37H2,(H2,36,44)(H,40,45)(H,41,46)(H,42,43). The lowest BCUT2D eigenvalue weighted by atomic mass is 9.85. The molecule has 3 aromatic carbocycles. The minimum absolute atomic E-state index is 0.165. The van der Waals surface area contributed by atoms with E-state index in [1.54, 1.807) is 78.5 Å². The number of nitrogens with one attached hydrogen (secondary N) is 3. The maximum atomic E-state index is 14.1. The zero-order valence-electron chi connectivity index (χ0n) is 25.5. The molecule has 2 heterocycles. The van der Waals surface area contributed by atoms with E-state index in [1.165, 1.54) is 0 Å². The lowest BCUT2D eigenvalue weighted by Gasteiger charge is -2.28. The number of rotatable bonds is 13. The van der Waals surface area contributed by atoms with Crippen molar-refractivity contribution in [3.63, 3.8) is 0 Å². The lowest BCUT2D eigenvalue weighted by Crippen LogP contribution is -2.57. The number of para-hydroxylation sites is 2. The molecule has 47 heavy (non-hydrogen) atoms. The summed E-state index contributed by atoms with van der Waals surface area (Å²) in [4.78, 5) is 60.7. The maximum absolute atomic E-state index is 14.1. The first-order chi connectivity index (χ1) is 22.7. The highest BCUT2D eigenvalue weighted by Gasteiger charge is 2.44. The number of primary amides is 1. The van der Waals surface area contributed by atoms with Crippen LogP contribution in [0.1, 0.15) is 49.1 Å². The van der Waals surface area contributed by atoms with Crippen molar-refractivity contribution in [2.24, 2.45) is 11.5 Å². The molecule has 12 nitrogen and oxygen atoms in total. The summed E-state index contributed by atoms with van der Waals surface area (Å²) in [5.41, 5.74) is 14.5. The lowest BCUT2D eigenvalue weighted by molar-refractivity contribution is -0.132. The fraction of sp³-hybridized carbons (Fsp3) is 0.200. The molecule has 12 heteroatoms. The van der Waals surface area contributed by atoms with Crippen LogP contribution < -0.4 is 27.6 Å². The summed E-state index contributed by atoms with van der Waals surface area (Å²) in [5.74, 6) is -3.25. The number of hydroxylamine groups is 1. The van der Waals surface area contributed by atoms with Crippen LogP contribution in [0.5, 0.6) is 0 Å². The van der Waals surface area contributed by atoms with Gasteiger partial charge in [0.15, 0.2) is 0 Å². The number of carbonyl (C=O) groups excluding carboxylic acids is 4. The third kappa shape index (κ3) is 7.24. The summed E-state index contributed by atoms with van der Waals surface area (Å²) >= 11 is 0. The average Bonchev–Trinajstić information content (AvgIpc) is 3.09. The van der Waals surface area contributed by atoms with Gasteiger partial charge >= 0.3 is 0 Å². The van der Waals surface area contributed by atoms with E-state index >= 15 is 0 Å². The second-order valence-corrected chi connectivity index (χ2v) is 11.2. The van der Waals surface area contributed by atoms with Crippen LogP contribution in [0.2, 0.25) is 0 Å². The quantitative estimate of drug-likeness (QED) is 0.0478. The monoisotopic (exact) mass is 633 g/mol. The molecule has 0 saturated carbocycles. The third-order valence-corrected chi connectivity index (χ3v) is 8.11. The van der Waals surface area contributed by atoms with Crippen molar-refractivity contribution < 1.29 is 24.4 Å². The molecule has 5 rings (SSSR count). The summed E-state index contributed by atoms with van der Waals surface area (Å²) in [6.07, 6.45) is 5.59. The fourth-order valence-electron chi connectivity index (χ4n) is 5.54. The van der Waals surface area contributed by atoms with E-state index in [1.807, 2.05) is 24.3 Å². The van der Waals surface area contributed by atoms with Gasteiger partial charge in [-0.15, -0.1) is 0 Å². The molecule has 0 saturated heterocycles. The van der Waals surface area contributed by atoms with Gasteiger partial charge in [0.25, 0.3) is 11.8 Å². The zero-order valence-corrected chi connectivity index (χ0v) is 25.5. The molecule has 0 fully saturated rings. The molecule has 4 amide bonds. The molecule has 240 valence electrons. The molecule has 0 aliphatic heterocycles. The van der Waals surface area contributed by atoms with Gasteiger partial charge in [-0.1, -0.05) is 73.5 Å². The van der Waals surface area contributed by atoms with Gasteiger partial charge in [-0.25, -0.2) is 5.48 Å². The van der Waals surface area contributed by atoms with E-state index in [0.717, 1.165) is 10.8 Å². The molecule has 0 radical (unpaired) electrons. The molecule has 8 N–H and O–H groups in total. The number of hydrogen-bond acceptors (Lipinski definition) is 8. The summed E-state index contributed by atoms with van der Waals surface area (Å²) in [6, 6.07) is 24.2. The van der Waals surface area contributed by atoms with Crippen molar-refractivity contribution in [3.05, 3.63) is 108 Å². The Bertz CT molecular complexity index is 1830. The van der Waals surface area contributed by atoms with Crippen molar-refractivity contribution in [1.82, 2.24) is 15.4 Å². The second kappa shape index (κ2) is 14.6. The Morgan fingerprint density at radius 2 is 1.26 bits per heavy atom. The Kier molecular flexibility index (Phi) is 10.1. The number of pyridine rings is 2. The smallest absolute Gasteiger partial charge is 0.258 e. The van der Waals surface area contributed by atoms with E-state index in [2.05, 4.69) is 20.6 Å². The topological polar surface area (TPSA) is 202 Å². The van der Waals surface area contributed by atoms with E-state index < -0.39 is 35.1 Å². The minimum Gasteiger partial charge on any atom is -0.369 e. The van der Waals surface area contributed by atoms with Gasteiger partial charge in [-0.2, -0.15) is 0 Å². The van der Waals surface area contributed by atoms with E-state index in [0.29, 0.717) is 53.7 Å². The first kappa shape index (κ1) is 32.7. The number of benzene rings is 3. The molecule has 2 aromatic heterocycles. The molecule has 0 aliphatic rings. The number of aromatic nitrogens is 2. The highest BCUT2D eigenvalue weighted by Crippen LogP contribution is 2.30. The van der Waals surface area contributed by atoms with Crippen molar-refractivity contribution in [2.45, 2.75) is 43.6 Å². The van der Waals surface area contributed by atoms with Crippen LogP contribution in [0.4, 0.5) is 11.4 Å². The Labute approximate surface area is 270 Å². The number of unbranched alkanes of at least 4 members (excludes halogenated alkanes) is 2. The minimum atomic E-state index is -2.23. The number of hydrogen-bond donors (Lipinski definition) is 6. The zero-order chi connectivity index (χ0) is 33.4. The predicted octanol–water partition coefficient (Wildman–Crippen LogP) is 4.24. The molecule has 1 unspecified atom stereocenters. The van der Waals surface area contributed by atoms with Gasteiger partial charge in [0, 0.05) is 29.6 Å². The summed E-state index contributed by atoms with van der Waals surface area (Å²) in [6.45, 7) is 0. The van der Waals surface area contributed by atoms with Crippen molar-refractivity contribution in [1.29, 1.82) is 0 Å². The number of nitrogens with zero attached hydrogens (tertiary/aromatic N) is 2. The Morgan fingerprint density at radius 3 is 1.77 bits per heavy atom. The van der Waals surface area contributed by atoms with Crippen molar-refractivity contribution in [3.8, 4) is 0 Å². The van der Waals surface area contributed by atoms with Gasteiger partial charge in [0.1, 0.15) is 0 Å². The number of carbonyl (C=O) groups is 4. The van der Waals surface area contributed by atoms with Gasteiger partial charge in [-0.3, -0.25) is 34.4 Å². The molecule has 1 atom stereocenters. The van der Waals surface area contributed by atoms with Crippen molar-refractivity contribution >= 4 is 56.8 Å². The molecule has 0 spiro atoms. The van der Waals surface area contributed by atoms with Crippen LogP contribution in [0, 0.1) is 0 Å². The van der Waals surface area contributed by atoms with Crippen LogP contribution in [0.15, 0.2) is 97.3 Å². The number of anilines is 2. The van der Waals surface area contributed by atoms with Crippen LogP contribution in [-0.4, -0.2) is 38.8 Å². The molecule has 0 aliphatic carbocycles. The number of nitrogens with two attached hydrogens (primary N) is 2. The Hall–Kier alpha value is -5.72. The SMILES string of the molecule is NC(=O)C(CCCCCC(=O)NO)c1ccc(C(N)(C(=O)Nc2cccc3cccnc23)C(=O)Nc2cccc3cccnc23)cc1. The van der Waals surface area contributed by atoms with Gasteiger partial charge in [0.2, 0.25) is 17.4 Å². The van der Waals surface area contributed by atoms with Crippen LogP contribution >= 0.6 is 0 Å². The highest BCUT2D eigenvalue weighted by atomic mass is 16.5. The molecule has 5 aromatic rings. The third-order valence-electron chi connectivity index (χ3n) is 8.11. The summed E-state index contributed by atoms with van der Waals surface area (Å²) < 4.78 is 0. The molecule has 0 bridgehead atoms. The fourth-order valence-corrected chi connectivity index (χ4v) is 5.54. The summed E-state index contributed by atoms with van der Waals surface area (Å²) in [5, 5.41) is 15.9. The first-order valence-electron chi connectivity index (χ1n) is 15.1. The first-order valence-corrected chi connectivity index (χ1v) is 15.1. The number of amides is 4. The Balaban J connectivity index is 1.45. The van der Waals surface area contributed by atoms with Gasteiger partial charge in [0.05, 0.1) is 28.3 Å². The van der Waals surface area contributed by atoms with E-state index in [-0.39, 0.29) is 12.0 Å². The summed E-state index contributed by atoms with van der Waals surface area (Å²) in [7, 11) is 0. The van der Waals surface area contributed by atoms with Crippen LogP contribution in [0.3, 0.4) is 0 Å². The predicted molar refractivity (Wildman–Crippen MR) is 178 cm³/mol. The van der Waals surface area contributed by atoms with Crippen LogP contribution in [-0.2, 0) is 24.7 Å². The van der Waals surface area contributed by atoms with Gasteiger partial charge in [-0.05, 0) is 48.2 Å².